The molecular weight excluding hydrogens is 350 g/mol. The van der Waals surface area contributed by atoms with Crippen LogP contribution in [-0.2, 0) is 0 Å². The number of nitrogens with two attached hydrogens (primary N) is 1. The van der Waals surface area contributed by atoms with Crippen LogP contribution in [0.4, 0.5) is 17.2 Å². The maximum Gasteiger partial charge on any atom is 0.303 e. The number of amides is 2. The Morgan fingerprint density at radius 2 is 1.73 bits per heavy atom. The highest BCUT2D eigenvalue weighted by molar-refractivity contribution is 6.23. The van der Waals surface area contributed by atoms with Gasteiger partial charge in [-0.05, 0) is 13.0 Å². The van der Waals surface area contributed by atoms with Gasteiger partial charge in [0.1, 0.15) is 5.82 Å². The summed E-state index contributed by atoms with van der Waals surface area (Å²) in [6.07, 6.45) is 0. The Kier molecular flexibility index (Phi) is 3.53. The second-order valence-corrected chi connectivity index (χ2v) is 5.39. The molecule has 1 aromatic carbocycles. The average molecular weight is 359 g/mol. The van der Waals surface area contributed by atoms with Crippen molar-refractivity contribution in [2.75, 3.05) is 5.73 Å². The molecule has 2 heterocycles. The summed E-state index contributed by atoms with van der Waals surface area (Å²) in [4.78, 5) is 57.0. The Morgan fingerprint density at radius 3 is 2.31 bits per heavy atom. The quantitative estimate of drug-likeness (QED) is 0.449. The summed E-state index contributed by atoms with van der Waals surface area (Å²) in [6.45, 7) is 1.33. The fourth-order valence-electron chi connectivity index (χ4n) is 2.78. The van der Waals surface area contributed by atoms with Crippen molar-refractivity contribution in [3.8, 4) is 5.69 Å². The number of fused-ring (bicyclic) bond motifs is 1. The van der Waals surface area contributed by atoms with Crippen molar-refractivity contribution in [2.24, 2.45) is 0 Å². The van der Waals surface area contributed by atoms with Gasteiger partial charge in [0.2, 0.25) is 5.69 Å². The number of nitro groups is 2. The summed E-state index contributed by atoms with van der Waals surface area (Å²) < 4.78 is 0.500. The van der Waals surface area contributed by atoms with E-state index < -0.39 is 50.1 Å². The van der Waals surface area contributed by atoms with Crippen molar-refractivity contribution < 1.29 is 19.4 Å². The molecule has 1 aliphatic rings. The highest BCUT2D eigenvalue weighted by atomic mass is 16.6. The monoisotopic (exact) mass is 359 g/mol. The van der Waals surface area contributed by atoms with Gasteiger partial charge in [-0.3, -0.25) is 39.9 Å². The van der Waals surface area contributed by atoms with Crippen molar-refractivity contribution in [2.45, 2.75) is 6.92 Å². The number of nitro benzene ring substituents is 2. The van der Waals surface area contributed by atoms with Gasteiger partial charge in [-0.2, -0.15) is 0 Å². The van der Waals surface area contributed by atoms with E-state index in [1.807, 2.05) is 5.32 Å². The van der Waals surface area contributed by atoms with Crippen molar-refractivity contribution in [1.82, 2.24) is 9.88 Å². The number of rotatable bonds is 3. The number of carbonyl (C=O) groups is 2. The topological polar surface area (TPSA) is 180 Å². The fraction of sp³-hybridized carbons (Fsp3) is 0.0714. The lowest BCUT2D eigenvalue weighted by Crippen LogP contribution is -2.25. The zero-order chi connectivity index (χ0) is 19.3. The second kappa shape index (κ2) is 5.47. The molecule has 0 saturated carbocycles. The number of benzene rings is 1. The number of anilines is 1. The van der Waals surface area contributed by atoms with Gasteiger partial charge in [0.05, 0.1) is 21.0 Å². The van der Waals surface area contributed by atoms with Crippen LogP contribution in [0.1, 0.15) is 26.3 Å². The number of carbonyl (C=O) groups excluding carboxylic acids is 2. The van der Waals surface area contributed by atoms with E-state index in [1.54, 1.807) is 0 Å². The number of hydrogen-bond acceptors (Lipinski definition) is 8. The Labute approximate surface area is 143 Å². The number of nitrogens with zero attached hydrogens (tertiary/aromatic N) is 3. The Hall–Kier alpha value is -4.09. The molecule has 0 aliphatic carbocycles. The van der Waals surface area contributed by atoms with Crippen molar-refractivity contribution in [3.63, 3.8) is 0 Å². The molecule has 2 amide bonds. The molecule has 3 N–H and O–H groups in total. The van der Waals surface area contributed by atoms with Crippen molar-refractivity contribution in [1.29, 1.82) is 0 Å². The van der Waals surface area contributed by atoms with Crippen molar-refractivity contribution in [3.05, 3.63) is 65.5 Å². The third-order valence-corrected chi connectivity index (χ3v) is 3.89. The molecule has 0 saturated heterocycles. The Morgan fingerprint density at radius 1 is 1.08 bits per heavy atom. The van der Waals surface area contributed by atoms with Gasteiger partial charge in [-0.1, -0.05) is 0 Å². The molecule has 0 radical (unpaired) electrons. The summed E-state index contributed by atoms with van der Waals surface area (Å²) in [7, 11) is 0. The third kappa shape index (κ3) is 2.20. The van der Waals surface area contributed by atoms with E-state index in [0.29, 0.717) is 4.57 Å². The van der Waals surface area contributed by atoms with E-state index >= 15 is 0 Å². The molecule has 132 valence electrons. The predicted molar refractivity (Wildman–Crippen MR) is 86.3 cm³/mol. The summed E-state index contributed by atoms with van der Waals surface area (Å²) in [5.74, 6) is -2.36. The first-order valence-corrected chi connectivity index (χ1v) is 6.99. The van der Waals surface area contributed by atoms with Crippen LogP contribution < -0.4 is 16.6 Å². The maximum atomic E-state index is 12.5. The van der Waals surface area contributed by atoms with Crippen LogP contribution in [0.5, 0.6) is 0 Å². The van der Waals surface area contributed by atoms with Crippen LogP contribution in [0, 0.1) is 27.2 Å². The van der Waals surface area contributed by atoms with E-state index in [0.717, 1.165) is 18.2 Å². The molecule has 26 heavy (non-hydrogen) atoms. The molecule has 0 atom stereocenters. The molecule has 3 rings (SSSR count). The highest BCUT2D eigenvalue weighted by Gasteiger charge is 2.36. The molecule has 2 aromatic rings. The molecule has 0 bridgehead atoms. The maximum absolute atomic E-state index is 12.5. The van der Waals surface area contributed by atoms with Gasteiger partial charge < -0.3 is 5.73 Å². The number of aryl methyl sites for hydroxylation is 1. The highest BCUT2D eigenvalue weighted by Crippen LogP contribution is 2.36. The van der Waals surface area contributed by atoms with Crippen LogP contribution in [0.15, 0.2) is 23.0 Å². The van der Waals surface area contributed by atoms with E-state index in [4.69, 9.17) is 5.73 Å². The number of hydrogen-bond donors (Lipinski definition) is 2. The first-order chi connectivity index (χ1) is 12.1. The zero-order valence-electron chi connectivity index (χ0n) is 13.0. The number of nitrogen functional groups attached to an aromatic ring is 1. The van der Waals surface area contributed by atoms with E-state index in [-0.39, 0.29) is 16.7 Å². The Balaban J connectivity index is 2.52. The largest absolute Gasteiger partial charge is 0.384 e. The average Bonchev–Trinajstić information content (AvgIpc) is 2.80. The van der Waals surface area contributed by atoms with Gasteiger partial charge in [-0.15, -0.1) is 0 Å². The molecular formula is C14H9N5O7. The van der Waals surface area contributed by atoms with E-state index in [9.17, 15) is 34.6 Å². The molecule has 0 fully saturated rings. The van der Waals surface area contributed by atoms with Crippen LogP contribution in [0.2, 0.25) is 0 Å². The molecule has 1 aromatic heterocycles. The SMILES string of the molecule is Cc1ccc([N+](=O)[O-])c(-n2c(N)c3c(cc2=O)C(=O)NC3=O)c1[N+](=O)[O-]. The fourth-order valence-corrected chi connectivity index (χ4v) is 2.78. The number of imide groups is 1. The van der Waals surface area contributed by atoms with E-state index in [2.05, 4.69) is 0 Å². The smallest absolute Gasteiger partial charge is 0.303 e. The lowest BCUT2D eigenvalue weighted by Gasteiger charge is -2.13. The third-order valence-electron chi connectivity index (χ3n) is 3.89. The first-order valence-electron chi connectivity index (χ1n) is 6.99. The van der Waals surface area contributed by atoms with Gasteiger partial charge >= 0.3 is 11.4 Å². The number of aromatic nitrogens is 1. The summed E-state index contributed by atoms with van der Waals surface area (Å²) in [5.41, 5.74) is 2.02. The van der Waals surface area contributed by atoms with Crippen LogP contribution in [0.25, 0.3) is 5.69 Å². The lowest BCUT2D eigenvalue weighted by atomic mass is 10.1. The van der Waals surface area contributed by atoms with Crippen LogP contribution in [-0.4, -0.2) is 26.2 Å². The lowest BCUT2D eigenvalue weighted by molar-refractivity contribution is -0.394. The van der Waals surface area contributed by atoms with E-state index in [1.165, 1.54) is 6.92 Å². The molecule has 1 aliphatic heterocycles. The minimum Gasteiger partial charge on any atom is -0.384 e. The predicted octanol–water partition coefficient (Wildman–Crippen LogP) is 0.428. The number of pyridine rings is 1. The van der Waals surface area contributed by atoms with Crippen LogP contribution >= 0.6 is 0 Å². The minimum atomic E-state index is -1.03. The molecule has 12 nitrogen and oxygen atoms in total. The van der Waals surface area contributed by atoms with Crippen molar-refractivity contribution >= 4 is 29.0 Å². The zero-order valence-corrected chi connectivity index (χ0v) is 13.0. The molecule has 12 heteroatoms. The number of nitrogens with one attached hydrogen (secondary N) is 1. The van der Waals surface area contributed by atoms with Gasteiger partial charge in [0.15, 0.2) is 0 Å². The normalized spacial score (nSPS) is 12.7. The second-order valence-electron chi connectivity index (χ2n) is 5.39. The molecule has 0 unspecified atom stereocenters. The summed E-state index contributed by atoms with van der Waals surface area (Å²) >= 11 is 0. The Bertz CT molecular complexity index is 1100. The van der Waals surface area contributed by atoms with Gasteiger partial charge in [0.25, 0.3) is 17.4 Å². The van der Waals surface area contributed by atoms with Crippen LogP contribution in [0.3, 0.4) is 0 Å². The minimum absolute atomic E-state index is 0.0444. The summed E-state index contributed by atoms with van der Waals surface area (Å²) in [5, 5.41) is 24.7. The first kappa shape index (κ1) is 16.8. The summed E-state index contributed by atoms with van der Waals surface area (Å²) in [6, 6.07) is 2.90. The van der Waals surface area contributed by atoms with Gasteiger partial charge in [0, 0.05) is 17.7 Å². The van der Waals surface area contributed by atoms with Gasteiger partial charge in [-0.25, -0.2) is 4.57 Å². The standard InChI is InChI=1S/C14H9N5O7/c1-5-2-3-7(18(23)24)11(10(5)19(25)26)17-8(20)4-6-9(12(17)15)14(22)16-13(6)21/h2-4H,15H2,1H3,(H,16,21,22). The molecule has 0 spiro atoms.